The monoisotopic (exact) mass is 193 g/mol. The van der Waals surface area contributed by atoms with Crippen molar-refractivity contribution in [1.82, 2.24) is 5.32 Å². The minimum Gasteiger partial charge on any atom is -0.493 e. The lowest BCUT2D eigenvalue weighted by Crippen LogP contribution is -2.31. The Labute approximate surface area is 83.8 Å². The molecule has 0 aromatic carbocycles. The van der Waals surface area contributed by atoms with Gasteiger partial charge in [0.05, 0.1) is 5.57 Å². The summed E-state index contributed by atoms with van der Waals surface area (Å²) in [5.41, 5.74) is 0.777. The van der Waals surface area contributed by atoms with E-state index in [1.165, 1.54) is 0 Å². The summed E-state index contributed by atoms with van der Waals surface area (Å²) in [5, 5.41) is 2.91. The van der Waals surface area contributed by atoms with Gasteiger partial charge in [-0.05, 0) is 17.6 Å². The van der Waals surface area contributed by atoms with E-state index in [0.717, 1.165) is 12.2 Å². The van der Waals surface area contributed by atoms with E-state index < -0.39 is 0 Å². The van der Waals surface area contributed by atoms with Crippen LogP contribution in [0.2, 0.25) is 0 Å². The number of ether oxygens (including phenoxy) is 1. The highest BCUT2D eigenvalue weighted by Gasteiger charge is 2.29. The van der Waals surface area contributed by atoms with Gasteiger partial charge >= 0.3 is 0 Å². The van der Waals surface area contributed by atoms with E-state index in [1.54, 1.807) is 0 Å². The first-order chi connectivity index (χ1) is 6.58. The molecular formula is C11H15NO2. The van der Waals surface area contributed by atoms with Crippen LogP contribution < -0.4 is 5.32 Å². The lowest BCUT2D eigenvalue weighted by atomic mass is 9.88. The van der Waals surface area contributed by atoms with Crippen LogP contribution in [0.4, 0.5) is 0 Å². The van der Waals surface area contributed by atoms with Gasteiger partial charge in [-0.3, -0.25) is 4.79 Å². The first-order valence-corrected chi connectivity index (χ1v) is 4.89. The average molecular weight is 193 g/mol. The molecule has 0 aromatic rings. The van der Waals surface area contributed by atoms with Crippen LogP contribution in [0.1, 0.15) is 20.3 Å². The zero-order valence-electron chi connectivity index (χ0n) is 8.59. The molecule has 0 saturated heterocycles. The SMILES string of the molecule is CC1(C)CNC(=O)C2=C(C1)OCC=C2. The molecule has 1 N–H and O–H groups in total. The number of carbonyl (C=O) groups excluding carboxylic acids is 1. The Morgan fingerprint density at radius 3 is 3.07 bits per heavy atom. The van der Waals surface area contributed by atoms with Crippen LogP contribution in [0.25, 0.3) is 0 Å². The number of rotatable bonds is 0. The minimum absolute atomic E-state index is 0.0125. The van der Waals surface area contributed by atoms with Crippen LogP contribution in [-0.2, 0) is 9.53 Å². The molecule has 2 aliphatic heterocycles. The third-order valence-corrected chi connectivity index (χ3v) is 2.55. The molecule has 2 aliphatic rings. The van der Waals surface area contributed by atoms with Gasteiger partial charge in [0.15, 0.2) is 0 Å². The first-order valence-electron chi connectivity index (χ1n) is 4.89. The van der Waals surface area contributed by atoms with Crippen molar-refractivity contribution in [3.63, 3.8) is 0 Å². The van der Waals surface area contributed by atoms with Crippen molar-refractivity contribution in [1.29, 1.82) is 0 Å². The maximum Gasteiger partial charge on any atom is 0.254 e. The zero-order valence-corrected chi connectivity index (χ0v) is 8.59. The van der Waals surface area contributed by atoms with E-state index in [-0.39, 0.29) is 11.3 Å². The second-order valence-electron chi connectivity index (χ2n) is 4.57. The summed E-state index contributed by atoms with van der Waals surface area (Å²) in [7, 11) is 0. The Morgan fingerprint density at radius 1 is 1.50 bits per heavy atom. The van der Waals surface area contributed by atoms with Crippen molar-refractivity contribution in [2.45, 2.75) is 20.3 Å². The van der Waals surface area contributed by atoms with Gasteiger partial charge in [-0.25, -0.2) is 0 Å². The van der Waals surface area contributed by atoms with Gasteiger partial charge in [-0.1, -0.05) is 13.8 Å². The van der Waals surface area contributed by atoms with Crippen molar-refractivity contribution in [2.24, 2.45) is 5.41 Å². The van der Waals surface area contributed by atoms with Crippen molar-refractivity contribution in [2.75, 3.05) is 13.2 Å². The Balaban J connectivity index is 2.35. The molecule has 0 radical (unpaired) electrons. The zero-order chi connectivity index (χ0) is 10.2. The molecule has 1 amide bonds. The van der Waals surface area contributed by atoms with Crippen molar-refractivity contribution in [3.05, 3.63) is 23.5 Å². The lowest BCUT2D eigenvalue weighted by Gasteiger charge is -2.23. The van der Waals surface area contributed by atoms with Crippen LogP contribution in [0.3, 0.4) is 0 Å². The highest BCUT2D eigenvalue weighted by atomic mass is 16.5. The van der Waals surface area contributed by atoms with E-state index in [0.29, 0.717) is 18.7 Å². The topological polar surface area (TPSA) is 38.3 Å². The number of allylic oxidation sites excluding steroid dienone is 1. The van der Waals surface area contributed by atoms with Crippen LogP contribution >= 0.6 is 0 Å². The van der Waals surface area contributed by atoms with Crippen LogP contribution in [0.15, 0.2) is 23.5 Å². The van der Waals surface area contributed by atoms with Gasteiger partial charge in [0.2, 0.25) is 0 Å². The fourth-order valence-corrected chi connectivity index (χ4v) is 1.75. The number of carbonyl (C=O) groups is 1. The molecule has 0 spiro atoms. The molecule has 2 heterocycles. The molecule has 0 unspecified atom stereocenters. The molecular weight excluding hydrogens is 178 g/mol. The molecule has 0 aromatic heterocycles. The van der Waals surface area contributed by atoms with Crippen LogP contribution in [-0.4, -0.2) is 19.1 Å². The van der Waals surface area contributed by atoms with E-state index >= 15 is 0 Å². The third kappa shape index (κ3) is 1.67. The molecule has 0 aliphatic carbocycles. The normalized spacial score (nSPS) is 24.9. The quantitative estimate of drug-likeness (QED) is 0.631. The molecule has 2 rings (SSSR count). The minimum atomic E-state index is -0.0125. The van der Waals surface area contributed by atoms with E-state index in [2.05, 4.69) is 19.2 Å². The van der Waals surface area contributed by atoms with Crippen LogP contribution in [0, 0.1) is 5.41 Å². The molecule has 0 bridgehead atoms. The Bertz CT molecular complexity index is 326. The van der Waals surface area contributed by atoms with Gasteiger partial charge in [-0.2, -0.15) is 0 Å². The molecule has 76 valence electrons. The summed E-state index contributed by atoms with van der Waals surface area (Å²) in [5.74, 6) is 0.828. The maximum absolute atomic E-state index is 11.6. The second kappa shape index (κ2) is 3.15. The summed E-state index contributed by atoms with van der Waals surface area (Å²) >= 11 is 0. The van der Waals surface area contributed by atoms with E-state index in [1.807, 2.05) is 12.2 Å². The summed E-state index contributed by atoms with van der Waals surface area (Å²) in [4.78, 5) is 11.6. The van der Waals surface area contributed by atoms with Crippen LogP contribution in [0.5, 0.6) is 0 Å². The predicted molar refractivity (Wildman–Crippen MR) is 53.5 cm³/mol. The largest absolute Gasteiger partial charge is 0.493 e. The summed E-state index contributed by atoms with van der Waals surface area (Å²) in [6, 6.07) is 0. The highest BCUT2D eigenvalue weighted by molar-refractivity contribution is 5.97. The van der Waals surface area contributed by atoms with Gasteiger partial charge in [0.25, 0.3) is 5.91 Å². The third-order valence-electron chi connectivity index (χ3n) is 2.55. The molecule has 0 saturated carbocycles. The van der Waals surface area contributed by atoms with Crippen molar-refractivity contribution >= 4 is 5.91 Å². The average Bonchev–Trinajstić information content (AvgIpc) is 2.25. The fourth-order valence-electron chi connectivity index (χ4n) is 1.75. The first kappa shape index (κ1) is 9.31. The van der Waals surface area contributed by atoms with E-state index in [4.69, 9.17) is 4.74 Å². The van der Waals surface area contributed by atoms with Crippen molar-refractivity contribution < 1.29 is 9.53 Å². The van der Waals surface area contributed by atoms with Gasteiger partial charge < -0.3 is 10.1 Å². The lowest BCUT2D eigenvalue weighted by molar-refractivity contribution is -0.117. The standard InChI is InChI=1S/C11H15NO2/c1-11(2)6-9-8(4-3-5-14-9)10(13)12-7-11/h3-4H,5-7H2,1-2H3,(H,12,13). The van der Waals surface area contributed by atoms with Gasteiger partial charge in [-0.15, -0.1) is 0 Å². The smallest absolute Gasteiger partial charge is 0.254 e. The number of nitrogens with one attached hydrogen (secondary N) is 1. The number of hydrogen-bond donors (Lipinski definition) is 1. The molecule has 0 atom stereocenters. The van der Waals surface area contributed by atoms with Gasteiger partial charge in [0, 0.05) is 13.0 Å². The maximum atomic E-state index is 11.6. The Morgan fingerprint density at radius 2 is 2.29 bits per heavy atom. The highest BCUT2D eigenvalue weighted by Crippen LogP contribution is 2.31. The summed E-state index contributed by atoms with van der Waals surface area (Å²) in [6.07, 6.45) is 4.55. The predicted octanol–water partition coefficient (Wildman–Crippen LogP) is 1.37. The number of amides is 1. The molecule has 14 heavy (non-hydrogen) atoms. The molecule has 3 heteroatoms. The fraction of sp³-hybridized carbons (Fsp3) is 0.545. The summed E-state index contributed by atoms with van der Waals surface area (Å²) in [6.45, 7) is 5.55. The van der Waals surface area contributed by atoms with Crippen molar-refractivity contribution in [3.8, 4) is 0 Å². The summed E-state index contributed by atoms with van der Waals surface area (Å²) < 4.78 is 5.50. The Kier molecular flexibility index (Phi) is 2.10. The van der Waals surface area contributed by atoms with Gasteiger partial charge in [0.1, 0.15) is 12.4 Å². The number of hydrogen-bond acceptors (Lipinski definition) is 2. The molecule has 3 nitrogen and oxygen atoms in total. The molecule has 0 fully saturated rings. The second-order valence-corrected chi connectivity index (χ2v) is 4.57. The Hall–Kier alpha value is -1.25. The van der Waals surface area contributed by atoms with E-state index in [9.17, 15) is 4.79 Å².